The molecule has 0 aliphatic heterocycles. The summed E-state index contributed by atoms with van der Waals surface area (Å²) < 4.78 is 3.87. The number of hydrogen-bond donors (Lipinski definition) is 0. The molecule has 0 saturated heterocycles. The third-order valence-corrected chi connectivity index (χ3v) is 3.02. The Hall–Kier alpha value is -1.55. The summed E-state index contributed by atoms with van der Waals surface area (Å²) in [6.45, 7) is 3.77. The third kappa shape index (κ3) is 2.02. The third-order valence-electron chi connectivity index (χ3n) is 2.28. The molecule has 0 amide bonds. The molecule has 0 radical (unpaired) electrons. The Bertz CT molecular complexity index is 491. The van der Waals surface area contributed by atoms with Crippen LogP contribution >= 0.6 is 11.5 Å². The zero-order valence-electron chi connectivity index (χ0n) is 9.18. The molecule has 0 aliphatic carbocycles. The highest BCUT2D eigenvalue weighted by Crippen LogP contribution is 2.25. The summed E-state index contributed by atoms with van der Waals surface area (Å²) >= 11 is 1.17. The van der Waals surface area contributed by atoms with E-state index >= 15 is 0 Å². The first kappa shape index (κ1) is 11.0. The smallest absolute Gasteiger partial charge is 0.179 e. The monoisotopic (exact) mass is 232 g/mol. The number of hydrogen-bond acceptors (Lipinski definition) is 4. The van der Waals surface area contributed by atoms with Crippen LogP contribution in [0, 0.1) is 5.92 Å². The second-order valence-corrected chi connectivity index (χ2v) is 4.59. The molecule has 0 bridgehead atoms. The molecule has 1 aromatic carbocycles. The highest BCUT2D eigenvalue weighted by atomic mass is 32.1. The average Bonchev–Trinajstić information content (AvgIpc) is 2.77. The fourth-order valence-electron chi connectivity index (χ4n) is 1.40. The number of aromatic nitrogens is 2. The van der Waals surface area contributed by atoms with E-state index in [1.807, 2.05) is 44.2 Å². The van der Waals surface area contributed by atoms with Crippen molar-refractivity contribution in [1.29, 1.82) is 0 Å². The van der Waals surface area contributed by atoms with Crippen LogP contribution < -0.4 is 0 Å². The van der Waals surface area contributed by atoms with Gasteiger partial charge in [0.1, 0.15) is 10.6 Å². The minimum Gasteiger partial charge on any atom is -0.293 e. The van der Waals surface area contributed by atoms with Crippen LogP contribution in [0.3, 0.4) is 0 Å². The maximum absolute atomic E-state index is 11.9. The maximum atomic E-state index is 11.9. The van der Waals surface area contributed by atoms with Crippen LogP contribution in [0.25, 0.3) is 11.3 Å². The lowest BCUT2D eigenvalue weighted by molar-refractivity contribution is 0.0944. The molecular formula is C12H12N2OS. The van der Waals surface area contributed by atoms with E-state index in [0.29, 0.717) is 10.6 Å². The van der Waals surface area contributed by atoms with Crippen LogP contribution in [-0.4, -0.2) is 15.4 Å². The van der Waals surface area contributed by atoms with Gasteiger partial charge in [0.15, 0.2) is 5.78 Å². The molecule has 82 valence electrons. The van der Waals surface area contributed by atoms with E-state index in [-0.39, 0.29) is 11.7 Å². The fourth-order valence-corrected chi connectivity index (χ4v) is 2.17. The van der Waals surface area contributed by atoms with E-state index in [4.69, 9.17) is 0 Å². The Morgan fingerprint density at radius 2 is 1.94 bits per heavy atom. The van der Waals surface area contributed by atoms with Crippen molar-refractivity contribution < 1.29 is 4.79 Å². The van der Waals surface area contributed by atoms with Gasteiger partial charge in [0.25, 0.3) is 0 Å². The lowest BCUT2D eigenvalue weighted by Gasteiger charge is -2.02. The van der Waals surface area contributed by atoms with E-state index in [1.54, 1.807) is 0 Å². The molecular weight excluding hydrogens is 220 g/mol. The molecule has 4 heteroatoms. The van der Waals surface area contributed by atoms with Gasteiger partial charge in [0, 0.05) is 11.5 Å². The molecule has 2 rings (SSSR count). The van der Waals surface area contributed by atoms with Crippen LogP contribution in [-0.2, 0) is 0 Å². The largest absolute Gasteiger partial charge is 0.293 e. The predicted molar refractivity (Wildman–Crippen MR) is 64.5 cm³/mol. The number of rotatable bonds is 3. The minimum absolute atomic E-state index is 0.0234. The van der Waals surface area contributed by atoms with Gasteiger partial charge in [-0.1, -0.05) is 48.7 Å². The second-order valence-electron chi connectivity index (χ2n) is 3.84. The van der Waals surface area contributed by atoms with E-state index in [2.05, 4.69) is 9.59 Å². The van der Waals surface area contributed by atoms with Gasteiger partial charge < -0.3 is 0 Å². The summed E-state index contributed by atoms with van der Waals surface area (Å²) in [5.74, 6) is 0.0820. The predicted octanol–water partition coefficient (Wildman–Crippen LogP) is 3.04. The van der Waals surface area contributed by atoms with Gasteiger partial charge in [0.2, 0.25) is 0 Å². The normalized spacial score (nSPS) is 10.7. The Morgan fingerprint density at radius 3 is 2.56 bits per heavy atom. The quantitative estimate of drug-likeness (QED) is 0.764. The molecule has 0 atom stereocenters. The van der Waals surface area contributed by atoms with Crippen LogP contribution in [0.4, 0.5) is 0 Å². The SMILES string of the molecule is CC(C)C(=O)c1snnc1-c1ccccc1. The average molecular weight is 232 g/mol. The minimum atomic E-state index is -0.0234. The summed E-state index contributed by atoms with van der Waals surface area (Å²) in [4.78, 5) is 12.6. The number of benzene rings is 1. The lowest BCUT2D eigenvalue weighted by Crippen LogP contribution is -2.06. The van der Waals surface area contributed by atoms with Crippen molar-refractivity contribution in [3.05, 3.63) is 35.2 Å². The molecule has 16 heavy (non-hydrogen) atoms. The summed E-state index contributed by atoms with van der Waals surface area (Å²) in [6, 6.07) is 9.67. The highest BCUT2D eigenvalue weighted by Gasteiger charge is 2.19. The number of ketones is 1. The molecule has 1 aromatic heterocycles. The standard InChI is InChI=1S/C12H12N2OS/c1-8(2)11(15)12-10(13-14-16-12)9-6-4-3-5-7-9/h3-8H,1-2H3. The number of Topliss-reactive ketones (excluding diaryl/α,β-unsaturated/α-hetero) is 1. The van der Waals surface area contributed by atoms with Crippen molar-refractivity contribution in [2.45, 2.75) is 13.8 Å². The van der Waals surface area contributed by atoms with Crippen molar-refractivity contribution in [1.82, 2.24) is 9.59 Å². The van der Waals surface area contributed by atoms with Gasteiger partial charge in [-0.15, -0.1) is 5.10 Å². The van der Waals surface area contributed by atoms with Crippen LogP contribution in [0.15, 0.2) is 30.3 Å². The van der Waals surface area contributed by atoms with Crippen molar-refractivity contribution in [3.63, 3.8) is 0 Å². The van der Waals surface area contributed by atoms with Crippen molar-refractivity contribution >= 4 is 17.3 Å². The first-order valence-electron chi connectivity index (χ1n) is 5.12. The molecule has 0 N–H and O–H groups in total. The van der Waals surface area contributed by atoms with Crippen LogP contribution in [0.5, 0.6) is 0 Å². The summed E-state index contributed by atoms with van der Waals surface area (Å²) in [7, 11) is 0. The van der Waals surface area contributed by atoms with Crippen molar-refractivity contribution in [2.24, 2.45) is 5.92 Å². The molecule has 1 heterocycles. The van der Waals surface area contributed by atoms with Crippen LogP contribution in [0.2, 0.25) is 0 Å². The lowest BCUT2D eigenvalue weighted by atomic mass is 10.0. The molecule has 0 fully saturated rings. The number of nitrogens with zero attached hydrogens (tertiary/aromatic N) is 2. The van der Waals surface area contributed by atoms with E-state index in [1.165, 1.54) is 11.5 Å². The molecule has 2 aromatic rings. The molecule has 0 aliphatic rings. The van der Waals surface area contributed by atoms with Gasteiger partial charge in [-0.25, -0.2) is 0 Å². The Morgan fingerprint density at radius 1 is 1.25 bits per heavy atom. The summed E-state index contributed by atoms with van der Waals surface area (Å²) in [5.41, 5.74) is 1.64. The first-order valence-corrected chi connectivity index (χ1v) is 5.89. The summed E-state index contributed by atoms with van der Waals surface area (Å²) in [5, 5.41) is 4.04. The summed E-state index contributed by atoms with van der Waals surface area (Å²) in [6.07, 6.45) is 0. The molecule has 0 unspecified atom stereocenters. The van der Waals surface area contributed by atoms with Gasteiger partial charge in [-0.2, -0.15) is 0 Å². The maximum Gasteiger partial charge on any atom is 0.179 e. The van der Waals surface area contributed by atoms with Crippen molar-refractivity contribution in [3.8, 4) is 11.3 Å². The van der Waals surface area contributed by atoms with E-state index < -0.39 is 0 Å². The molecule has 0 spiro atoms. The van der Waals surface area contributed by atoms with E-state index in [0.717, 1.165) is 5.56 Å². The van der Waals surface area contributed by atoms with Gasteiger partial charge in [-0.3, -0.25) is 4.79 Å². The highest BCUT2D eigenvalue weighted by molar-refractivity contribution is 7.08. The zero-order chi connectivity index (χ0) is 11.5. The second kappa shape index (κ2) is 4.53. The molecule has 3 nitrogen and oxygen atoms in total. The Kier molecular flexibility index (Phi) is 3.10. The van der Waals surface area contributed by atoms with E-state index in [9.17, 15) is 4.79 Å². The Labute approximate surface area is 98.3 Å². The first-order chi connectivity index (χ1) is 7.70. The number of carbonyl (C=O) groups is 1. The fraction of sp³-hybridized carbons (Fsp3) is 0.250. The van der Waals surface area contributed by atoms with Crippen molar-refractivity contribution in [2.75, 3.05) is 0 Å². The van der Waals surface area contributed by atoms with Gasteiger partial charge >= 0.3 is 0 Å². The topological polar surface area (TPSA) is 42.9 Å². The van der Waals surface area contributed by atoms with Crippen LogP contribution in [0.1, 0.15) is 23.5 Å². The number of carbonyl (C=O) groups excluding carboxylic acids is 1. The molecule has 0 saturated carbocycles. The van der Waals surface area contributed by atoms with Gasteiger partial charge in [-0.05, 0) is 11.5 Å². The zero-order valence-corrected chi connectivity index (χ0v) is 9.99. The van der Waals surface area contributed by atoms with Gasteiger partial charge in [0.05, 0.1) is 0 Å². The Balaban J connectivity index is 2.45.